The van der Waals surface area contributed by atoms with E-state index in [4.69, 9.17) is 14.2 Å². The third-order valence-electron chi connectivity index (χ3n) is 9.67. The summed E-state index contributed by atoms with van der Waals surface area (Å²) >= 11 is 0. The molecule has 1 atom stereocenters. The van der Waals surface area contributed by atoms with Gasteiger partial charge in [-0.25, -0.2) is 0 Å². The van der Waals surface area contributed by atoms with E-state index in [0.29, 0.717) is 19.3 Å². The molecule has 300 valence electrons. The van der Waals surface area contributed by atoms with Crippen LogP contribution in [0.1, 0.15) is 220 Å². The number of carbonyl (C=O) groups is 4. The number of hydrogen-bond acceptors (Lipinski definition) is 7. The van der Waals surface area contributed by atoms with Crippen molar-refractivity contribution in [3.63, 3.8) is 0 Å². The van der Waals surface area contributed by atoms with Crippen LogP contribution in [0.2, 0.25) is 0 Å². The SMILES string of the molecule is CCCCCCCCCCCC(=O)OCCN(CCOC(=O)CCCCCCCCCCC)C(=O)[C@@H](C)OC(=O)CCCCCCCCCCC. The van der Waals surface area contributed by atoms with Gasteiger partial charge < -0.3 is 19.1 Å². The largest absolute Gasteiger partial charge is 0.464 e. The molecule has 0 aromatic rings. The summed E-state index contributed by atoms with van der Waals surface area (Å²) in [6, 6.07) is 0. The molecule has 0 heterocycles. The number of nitrogens with zero attached hydrogens (tertiary/aromatic N) is 1. The molecule has 0 saturated carbocycles. The molecule has 1 amide bonds. The Labute approximate surface area is 314 Å². The van der Waals surface area contributed by atoms with Crippen LogP contribution in [0.25, 0.3) is 0 Å². The van der Waals surface area contributed by atoms with E-state index in [1.54, 1.807) is 6.92 Å². The predicted octanol–water partition coefficient (Wildman–Crippen LogP) is 11.6. The van der Waals surface area contributed by atoms with Gasteiger partial charge in [0.05, 0.1) is 13.1 Å². The van der Waals surface area contributed by atoms with Gasteiger partial charge in [-0.3, -0.25) is 19.2 Å². The van der Waals surface area contributed by atoms with Crippen molar-refractivity contribution in [2.45, 2.75) is 226 Å². The molecule has 0 aromatic carbocycles. The molecule has 0 aromatic heterocycles. The molecule has 0 N–H and O–H groups in total. The maximum Gasteiger partial charge on any atom is 0.306 e. The molecule has 0 aliphatic heterocycles. The Balaban J connectivity index is 4.59. The summed E-state index contributed by atoms with van der Waals surface area (Å²) in [5.41, 5.74) is 0. The molecule has 0 unspecified atom stereocenters. The second-order valence-corrected chi connectivity index (χ2v) is 14.6. The van der Waals surface area contributed by atoms with Crippen molar-refractivity contribution in [3.8, 4) is 0 Å². The van der Waals surface area contributed by atoms with E-state index >= 15 is 0 Å². The highest BCUT2D eigenvalue weighted by Crippen LogP contribution is 2.14. The van der Waals surface area contributed by atoms with Gasteiger partial charge in [-0.15, -0.1) is 0 Å². The summed E-state index contributed by atoms with van der Waals surface area (Å²) in [5.74, 6) is -1.28. The highest BCUT2D eigenvalue weighted by Gasteiger charge is 2.24. The lowest BCUT2D eigenvalue weighted by molar-refractivity contribution is -0.160. The molecule has 0 spiro atoms. The fraction of sp³-hybridized carbons (Fsp3) is 0.907. The van der Waals surface area contributed by atoms with E-state index < -0.39 is 6.10 Å². The Morgan fingerprint density at radius 1 is 0.412 bits per heavy atom. The Morgan fingerprint density at radius 2 is 0.686 bits per heavy atom. The van der Waals surface area contributed by atoms with Crippen molar-refractivity contribution < 1.29 is 33.4 Å². The second-order valence-electron chi connectivity index (χ2n) is 14.6. The zero-order valence-electron chi connectivity index (χ0n) is 33.9. The molecular formula is C43H81NO7. The van der Waals surface area contributed by atoms with E-state index in [2.05, 4.69) is 20.8 Å². The van der Waals surface area contributed by atoms with Gasteiger partial charge in [-0.1, -0.05) is 175 Å². The maximum atomic E-state index is 13.3. The maximum absolute atomic E-state index is 13.3. The fourth-order valence-corrected chi connectivity index (χ4v) is 6.32. The molecule has 0 radical (unpaired) electrons. The third-order valence-corrected chi connectivity index (χ3v) is 9.67. The van der Waals surface area contributed by atoms with Crippen LogP contribution >= 0.6 is 0 Å². The zero-order valence-corrected chi connectivity index (χ0v) is 33.9. The van der Waals surface area contributed by atoms with Gasteiger partial charge in [0.15, 0.2) is 6.10 Å². The highest BCUT2D eigenvalue weighted by atomic mass is 16.6. The van der Waals surface area contributed by atoms with Crippen molar-refractivity contribution in [2.75, 3.05) is 26.3 Å². The standard InChI is InChI=1S/C43H81NO7/c1-5-8-11-14-17-20-23-26-29-32-40(45)49-37-35-44(36-38-50-41(46)33-30-27-24-21-18-15-12-9-6-2)43(48)39(4)51-42(47)34-31-28-25-22-19-16-13-10-7-3/h39H,5-38H2,1-4H3/t39-/m1/s1. The summed E-state index contributed by atoms with van der Waals surface area (Å²) in [7, 11) is 0. The van der Waals surface area contributed by atoms with Crippen LogP contribution in [0.15, 0.2) is 0 Å². The normalized spacial score (nSPS) is 11.7. The Hall–Kier alpha value is -2.12. The predicted molar refractivity (Wildman–Crippen MR) is 210 cm³/mol. The number of hydrogen-bond donors (Lipinski definition) is 0. The monoisotopic (exact) mass is 724 g/mol. The Morgan fingerprint density at radius 3 is 1.00 bits per heavy atom. The van der Waals surface area contributed by atoms with Crippen molar-refractivity contribution in [2.24, 2.45) is 0 Å². The quantitative estimate of drug-likeness (QED) is 0.0355. The van der Waals surface area contributed by atoms with E-state index in [-0.39, 0.29) is 50.1 Å². The van der Waals surface area contributed by atoms with Crippen molar-refractivity contribution in [1.82, 2.24) is 4.90 Å². The van der Waals surface area contributed by atoms with Crippen molar-refractivity contribution >= 4 is 23.8 Å². The first-order valence-corrected chi connectivity index (χ1v) is 21.6. The number of carbonyl (C=O) groups excluding carboxylic acids is 4. The molecule has 51 heavy (non-hydrogen) atoms. The van der Waals surface area contributed by atoms with Gasteiger partial charge in [0, 0.05) is 19.3 Å². The minimum atomic E-state index is -0.966. The van der Waals surface area contributed by atoms with Gasteiger partial charge in [0.1, 0.15) is 13.2 Å². The lowest BCUT2D eigenvalue weighted by Crippen LogP contribution is -2.43. The van der Waals surface area contributed by atoms with Crippen molar-refractivity contribution in [3.05, 3.63) is 0 Å². The summed E-state index contributed by atoms with van der Waals surface area (Å²) in [6.45, 7) is 8.65. The molecule has 8 nitrogen and oxygen atoms in total. The van der Waals surface area contributed by atoms with Gasteiger partial charge in [0.2, 0.25) is 0 Å². The topological polar surface area (TPSA) is 99.2 Å². The summed E-state index contributed by atoms with van der Waals surface area (Å²) in [4.78, 5) is 52.1. The second kappa shape index (κ2) is 37.6. The molecule has 0 bridgehead atoms. The van der Waals surface area contributed by atoms with Gasteiger partial charge in [-0.2, -0.15) is 0 Å². The first-order chi connectivity index (χ1) is 24.8. The third kappa shape index (κ3) is 33.5. The van der Waals surface area contributed by atoms with Crippen LogP contribution in [-0.4, -0.2) is 61.1 Å². The number of esters is 3. The smallest absolute Gasteiger partial charge is 0.306 e. The molecule has 0 rings (SSSR count). The first kappa shape index (κ1) is 48.9. The van der Waals surface area contributed by atoms with Gasteiger partial charge >= 0.3 is 17.9 Å². The van der Waals surface area contributed by atoms with E-state index in [9.17, 15) is 19.2 Å². The molecular weight excluding hydrogens is 642 g/mol. The number of ether oxygens (including phenoxy) is 3. The van der Waals surface area contributed by atoms with E-state index in [0.717, 1.165) is 57.8 Å². The van der Waals surface area contributed by atoms with Crippen LogP contribution in [0.5, 0.6) is 0 Å². The van der Waals surface area contributed by atoms with Gasteiger partial charge in [0.25, 0.3) is 5.91 Å². The molecule has 0 saturated heterocycles. The highest BCUT2D eigenvalue weighted by molar-refractivity contribution is 5.83. The first-order valence-electron chi connectivity index (χ1n) is 21.6. The minimum absolute atomic E-state index is 0.0491. The van der Waals surface area contributed by atoms with Crippen LogP contribution in [0.3, 0.4) is 0 Å². The Kier molecular flexibility index (Phi) is 36.1. The average Bonchev–Trinajstić information content (AvgIpc) is 3.11. The van der Waals surface area contributed by atoms with Crippen LogP contribution in [0.4, 0.5) is 0 Å². The lowest BCUT2D eigenvalue weighted by Gasteiger charge is -2.25. The molecule has 8 heteroatoms. The number of rotatable bonds is 38. The molecule has 0 aliphatic rings. The van der Waals surface area contributed by atoms with Crippen molar-refractivity contribution in [1.29, 1.82) is 0 Å². The Bertz CT molecular complexity index is 793. The van der Waals surface area contributed by atoms with Gasteiger partial charge in [-0.05, 0) is 26.2 Å². The lowest BCUT2D eigenvalue weighted by atomic mass is 10.1. The number of amides is 1. The van der Waals surface area contributed by atoms with Crippen LogP contribution in [-0.2, 0) is 33.4 Å². The molecule has 0 fully saturated rings. The van der Waals surface area contributed by atoms with E-state index in [1.165, 1.54) is 120 Å². The summed E-state index contributed by atoms with van der Waals surface area (Å²) in [6.07, 6.45) is 31.6. The number of unbranched alkanes of at least 4 members (excludes halogenated alkanes) is 24. The minimum Gasteiger partial charge on any atom is -0.464 e. The van der Waals surface area contributed by atoms with Crippen LogP contribution < -0.4 is 0 Å². The summed E-state index contributed by atoms with van der Waals surface area (Å²) in [5, 5.41) is 0. The van der Waals surface area contributed by atoms with Crippen LogP contribution in [0, 0.1) is 0 Å². The summed E-state index contributed by atoms with van der Waals surface area (Å²) < 4.78 is 16.4. The average molecular weight is 724 g/mol. The molecule has 0 aliphatic carbocycles. The fourth-order valence-electron chi connectivity index (χ4n) is 6.32. The zero-order chi connectivity index (χ0) is 37.6. The van der Waals surface area contributed by atoms with E-state index in [1.807, 2.05) is 0 Å².